The lowest BCUT2D eigenvalue weighted by molar-refractivity contribution is -0.126. The fourth-order valence-corrected chi connectivity index (χ4v) is 3.68. The van der Waals surface area contributed by atoms with Gasteiger partial charge in [0, 0.05) is 25.0 Å². The van der Waals surface area contributed by atoms with Crippen molar-refractivity contribution >= 4 is 23.4 Å². The van der Waals surface area contributed by atoms with Gasteiger partial charge in [0.05, 0.1) is 10.6 Å². The molecule has 144 valence electrons. The molecule has 1 aromatic carbocycles. The molecule has 26 heavy (non-hydrogen) atoms. The minimum atomic E-state index is -0.0428. The van der Waals surface area contributed by atoms with Crippen molar-refractivity contribution in [1.29, 1.82) is 0 Å². The van der Waals surface area contributed by atoms with Crippen LogP contribution in [-0.4, -0.2) is 35.8 Å². The van der Waals surface area contributed by atoms with Crippen molar-refractivity contribution < 1.29 is 9.59 Å². The molecule has 0 saturated carbocycles. The van der Waals surface area contributed by atoms with Crippen molar-refractivity contribution in [2.45, 2.75) is 64.8 Å². The van der Waals surface area contributed by atoms with Gasteiger partial charge in [0.15, 0.2) is 0 Å². The lowest BCUT2D eigenvalue weighted by atomic mass is 9.94. The Kier molecular flexibility index (Phi) is 8.43. The van der Waals surface area contributed by atoms with E-state index in [0.29, 0.717) is 36.5 Å². The number of hydrogen-bond acceptors (Lipinski definition) is 2. The molecule has 0 aliphatic carbocycles. The van der Waals surface area contributed by atoms with Crippen LogP contribution in [0.2, 0.25) is 5.02 Å². The van der Waals surface area contributed by atoms with Crippen LogP contribution in [0.15, 0.2) is 24.3 Å². The number of amides is 2. The average Bonchev–Trinajstić information content (AvgIpc) is 2.65. The third-order valence-corrected chi connectivity index (χ3v) is 5.47. The summed E-state index contributed by atoms with van der Waals surface area (Å²) < 4.78 is 0. The molecule has 4 nitrogen and oxygen atoms in total. The maximum Gasteiger partial charge on any atom is 0.255 e. The Morgan fingerprint density at radius 2 is 1.88 bits per heavy atom. The number of carbonyl (C=O) groups excluding carboxylic acids is 2. The van der Waals surface area contributed by atoms with E-state index in [-0.39, 0.29) is 23.8 Å². The number of carbonyl (C=O) groups is 2. The molecule has 2 amide bonds. The van der Waals surface area contributed by atoms with Gasteiger partial charge in [-0.15, -0.1) is 0 Å². The van der Waals surface area contributed by atoms with Crippen molar-refractivity contribution in [3.8, 4) is 0 Å². The van der Waals surface area contributed by atoms with Crippen LogP contribution in [0.4, 0.5) is 0 Å². The molecule has 1 aliphatic heterocycles. The van der Waals surface area contributed by atoms with E-state index >= 15 is 0 Å². The summed E-state index contributed by atoms with van der Waals surface area (Å²) in [5.41, 5.74) is 0.540. The van der Waals surface area contributed by atoms with Crippen LogP contribution in [0.1, 0.15) is 69.2 Å². The molecule has 2 rings (SSSR count). The predicted octanol–water partition coefficient (Wildman–Crippen LogP) is 4.67. The topological polar surface area (TPSA) is 49.4 Å². The fourth-order valence-electron chi connectivity index (χ4n) is 3.46. The van der Waals surface area contributed by atoms with Gasteiger partial charge < -0.3 is 10.2 Å². The number of unbranched alkanes of at least 4 members (excludes halogenated alkanes) is 3. The normalized spacial score (nSPS) is 16.3. The fraction of sp³-hybridized carbons (Fsp3) is 0.619. The third kappa shape index (κ3) is 6.01. The second kappa shape index (κ2) is 10.6. The molecular formula is C21H31ClN2O2. The monoisotopic (exact) mass is 378 g/mol. The van der Waals surface area contributed by atoms with Gasteiger partial charge in [-0.3, -0.25) is 9.59 Å². The lowest BCUT2D eigenvalue weighted by Gasteiger charge is -2.32. The highest BCUT2D eigenvalue weighted by Crippen LogP contribution is 2.22. The van der Waals surface area contributed by atoms with E-state index in [9.17, 15) is 9.59 Å². The molecule has 0 radical (unpaired) electrons. The molecule has 1 saturated heterocycles. The van der Waals surface area contributed by atoms with Gasteiger partial charge in [-0.1, -0.05) is 56.3 Å². The van der Waals surface area contributed by atoms with Crippen molar-refractivity contribution in [3.63, 3.8) is 0 Å². The van der Waals surface area contributed by atoms with Crippen LogP contribution < -0.4 is 5.32 Å². The second-order valence-corrected chi connectivity index (χ2v) is 7.71. The molecular weight excluding hydrogens is 348 g/mol. The Hall–Kier alpha value is -1.55. The van der Waals surface area contributed by atoms with E-state index in [1.807, 2.05) is 12.1 Å². The first kappa shape index (κ1) is 20.8. The summed E-state index contributed by atoms with van der Waals surface area (Å²) >= 11 is 6.12. The average molecular weight is 379 g/mol. The molecule has 1 heterocycles. The van der Waals surface area contributed by atoms with E-state index in [1.54, 1.807) is 17.0 Å². The number of hydrogen-bond donors (Lipinski definition) is 1. The molecule has 1 N–H and O–H groups in total. The zero-order valence-electron chi connectivity index (χ0n) is 16.0. The van der Waals surface area contributed by atoms with Crippen molar-refractivity contribution in [2.24, 2.45) is 5.92 Å². The zero-order valence-corrected chi connectivity index (χ0v) is 16.7. The Morgan fingerprint density at radius 3 is 2.54 bits per heavy atom. The number of piperidine rings is 1. The summed E-state index contributed by atoms with van der Waals surface area (Å²) in [7, 11) is 0. The molecule has 0 spiro atoms. The van der Waals surface area contributed by atoms with Crippen LogP contribution in [0.3, 0.4) is 0 Å². The van der Waals surface area contributed by atoms with Gasteiger partial charge >= 0.3 is 0 Å². The van der Waals surface area contributed by atoms with Crippen molar-refractivity contribution in [1.82, 2.24) is 10.2 Å². The summed E-state index contributed by atoms with van der Waals surface area (Å²) in [6.45, 7) is 5.49. The summed E-state index contributed by atoms with van der Waals surface area (Å²) in [5, 5.41) is 3.63. The standard InChI is InChI=1S/C21H31ClN2O2/c1-3-4-5-6-9-16(2)23-20(25)17-12-14-24(15-13-17)21(26)18-10-7-8-11-19(18)22/h7-8,10-11,16-17H,3-6,9,12-15H2,1-2H3,(H,23,25). The highest BCUT2D eigenvalue weighted by Gasteiger charge is 2.28. The highest BCUT2D eigenvalue weighted by atomic mass is 35.5. The molecule has 1 fully saturated rings. The summed E-state index contributed by atoms with van der Waals surface area (Å²) in [5.74, 6) is 0.0972. The number of nitrogens with one attached hydrogen (secondary N) is 1. The summed E-state index contributed by atoms with van der Waals surface area (Å²) in [4.78, 5) is 26.9. The molecule has 0 bridgehead atoms. The van der Waals surface area contributed by atoms with Gasteiger partial charge in [-0.05, 0) is 38.3 Å². The molecule has 1 atom stereocenters. The SMILES string of the molecule is CCCCCCC(C)NC(=O)C1CCN(C(=O)c2ccccc2Cl)CC1. The minimum absolute atomic E-state index is 0.00314. The third-order valence-electron chi connectivity index (χ3n) is 5.14. The van der Waals surface area contributed by atoms with E-state index in [4.69, 9.17) is 11.6 Å². The van der Waals surface area contributed by atoms with Gasteiger partial charge in [0.25, 0.3) is 5.91 Å². The van der Waals surface area contributed by atoms with Gasteiger partial charge in [0.2, 0.25) is 5.91 Å². The van der Waals surface area contributed by atoms with Crippen molar-refractivity contribution in [2.75, 3.05) is 13.1 Å². The number of rotatable bonds is 8. The molecule has 1 aromatic rings. The minimum Gasteiger partial charge on any atom is -0.353 e. The first-order valence-electron chi connectivity index (χ1n) is 9.87. The molecule has 1 unspecified atom stereocenters. The first-order valence-corrected chi connectivity index (χ1v) is 10.2. The van der Waals surface area contributed by atoms with E-state index in [1.165, 1.54) is 25.7 Å². The molecule has 5 heteroatoms. The van der Waals surface area contributed by atoms with Crippen LogP contribution in [-0.2, 0) is 4.79 Å². The highest BCUT2D eigenvalue weighted by molar-refractivity contribution is 6.33. The maximum atomic E-state index is 12.6. The van der Waals surface area contributed by atoms with Gasteiger partial charge in [-0.2, -0.15) is 0 Å². The lowest BCUT2D eigenvalue weighted by Crippen LogP contribution is -2.44. The van der Waals surface area contributed by atoms with Gasteiger partial charge in [0.1, 0.15) is 0 Å². The molecule has 0 aromatic heterocycles. The number of halogens is 1. The van der Waals surface area contributed by atoms with E-state index in [0.717, 1.165) is 6.42 Å². The Balaban J connectivity index is 1.76. The largest absolute Gasteiger partial charge is 0.353 e. The maximum absolute atomic E-state index is 12.6. The van der Waals surface area contributed by atoms with Crippen LogP contribution >= 0.6 is 11.6 Å². The first-order chi connectivity index (χ1) is 12.5. The van der Waals surface area contributed by atoms with E-state index in [2.05, 4.69) is 19.2 Å². The second-order valence-electron chi connectivity index (χ2n) is 7.31. The predicted molar refractivity (Wildman–Crippen MR) is 106 cm³/mol. The van der Waals surface area contributed by atoms with Crippen LogP contribution in [0, 0.1) is 5.92 Å². The quantitative estimate of drug-likeness (QED) is 0.668. The van der Waals surface area contributed by atoms with Crippen LogP contribution in [0.5, 0.6) is 0 Å². The summed E-state index contributed by atoms with van der Waals surface area (Å²) in [6.07, 6.45) is 7.36. The summed E-state index contributed by atoms with van der Waals surface area (Å²) in [6, 6.07) is 7.35. The number of nitrogens with zero attached hydrogens (tertiary/aromatic N) is 1. The smallest absolute Gasteiger partial charge is 0.255 e. The zero-order chi connectivity index (χ0) is 18.9. The number of benzene rings is 1. The Morgan fingerprint density at radius 1 is 1.19 bits per heavy atom. The van der Waals surface area contributed by atoms with Crippen molar-refractivity contribution in [3.05, 3.63) is 34.9 Å². The van der Waals surface area contributed by atoms with Gasteiger partial charge in [-0.25, -0.2) is 0 Å². The van der Waals surface area contributed by atoms with Crippen LogP contribution in [0.25, 0.3) is 0 Å². The van der Waals surface area contributed by atoms with E-state index < -0.39 is 0 Å². The number of likely N-dealkylation sites (tertiary alicyclic amines) is 1. The Labute approximate surface area is 162 Å². The molecule has 1 aliphatic rings. The Bertz CT molecular complexity index is 597.